The van der Waals surface area contributed by atoms with Gasteiger partial charge in [0.05, 0.1) is 6.04 Å². The van der Waals surface area contributed by atoms with Gasteiger partial charge in [-0.1, -0.05) is 126 Å². The number of alkyl halides is 3. The van der Waals surface area contributed by atoms with Crippen molar-refractivity contribution < 1.29 is 49.7 Å². The number of thiazole rings is 1. The third-order valence-electron chi connectivity index (χ3n) is 9.64. The fourth-order valence-electron chi connectivity index (χ4n) is 6.96. The monoisotopic (exact) mass is 845 g/mol. The molecule has 59 heavy (non-hydrogen) atoms. The topological polar surface area (TPSA) is 166 Å². The first kappa shape index (κ1) is 40.7. The molecule has 0 bridgehead atoms. The Labute approximate surface area is 340 Å². The molecule has 3 heterocycles. The summed E-state index contributed by atoms with van der Waals surface area (Å²) >= 11 is 1.19. The van der Waals surface area contributed by atoms with Crippen LogP contribution in [0.4, 0.5) is 18.3 Å². The Morgan fingerprint density at radius 1 is 0.881 bits per heavy atom. The Bertz CT molecular complexity index is 2410. The first-order valence-electron chi connectivity index (χ1n) is 17.9. The van der Waals surface area contributed by atoms with Gasteiger partial charge in [-0.15, -0.1) is 11.3 Å². The van der Waals surface area contributed by atoms with Crippen molar-refractivity contribution in [3.05, 3.63) is 166 Å². The van der Waals surface area contributed by atoms with Crippen molar-refractivity contribution in [3.8, 4) is 0 Å². The van der Waals surface area contributed by atoms with Crippen molar-refractivity contribution in [1.82, 2.24) is 15.2 Å². The number of anilines is 1. The lowest BCUT2D eigenvalue weighted by atomic mass is 9.77. The molecule has 2 aliphatic rings. The molecular formula is C41H34F3N5O8S2. The van der Waals surface area contributed by atoms with Gasteiger partial charge >= 0.3 is 21.6 Å². The molecule has 1 fully saturated rings. The fraction of sp³-hybridized carbons (Fsp3) is 0.195. The molecule has 2 aliphatic heterocycles. The minimum Gasteiger partial charge on any atom is -0.456 e. The highest BCUT2D eigenvalue weighted by atomic mass is 32.2. The van der Waals surface area contributed by atoms with Crippen molar-refractivity contribution in [1.29, 1.82) is 0 Å². The quantitative estimate of drug-likeness (QED) is 0.0250. The van der Waals surface area contributed by atoms with Gasteiger partial charge in [-0.25, -0.2) is 9.78 Å². The van der Waals surface area contributed by atoms with Crippen molar-refractivity contribution in [2.75, 3.05) is 12.4 Å². The van der Waals surface area contributed by atoms with Crippen molar-refractivity contribution in [3.63, 3.8) is 0 Å². The van der Waals surface area contributed by atoms with Gasteiger partial charge in [0.25, 0.3) is 11.8 Å². The van der Waals surface area contributed by atoms with E-state index in [1.54, 1.807) is 35.7 Å². The van der Waals surface area contributed by atoms with E-state index in [2.05, 4.69) is 20.0 Å². The average Bonchev–Trinajstić information content (AvgIpc) is 3.71. The molecular weight excluding hydrogens is 812 g/mol. The van der Waals surface area contributed by atoms with E-state index >= 15 is 0 Å². The average molecular weight is 846 g/mol. The molecule has 5 aromatic rings. The van der Waals surface area contributed by atoms with E-state index in [9.17, 15) is 36.0 Å². The number of ether oxygens (including phenoxy) is 1. The maximum absolute atomic E-state index is 13.9. The predicted molar refractivity (Wildman–Crippen MR) is 210 cm³/mol. The number of nitrogens with one attached hydrogen (secondary N) is 2. The number of rotatable bonds is 14. The van der Waals surface area contributed by atoms with Crippen LogP contribution in [0.25, 0.3) is 0 Å². The van der Waals surface area contributed by atoms with Crippen molar-refractivity contribution in [2.24, 2.45) is 5.16 Å². The molecule has 0 saturated carbocycles. The lowest BCUT2D eigenvalue weighted by Crippen LogP contribution is -2.72. The van der Waals surface area contributed by atoms with E-state index in [1.807, 2.05) is 91.0 Å². The van der Waals surface area contributed by atoms with Crippen LogP contribution in [0, 0.1) is 0 Å². The first-order chi connectivity index (χ1) is 28.3. The third kappa shape index (κ3) is 8.13. The molecule has 304 valence electrons. The largest absolute Gasteiger partial charge is 0.534 e. The maximum Gasteiger partial charge on any atom is 0.534 e. The van der Waals surface area contributed by atoms with Gasteiger partial charge in [-0.05, 0) is 28.7 Å². The van der Waals surface area contributed by atoms with Crippen LogP contribution in [0.3, 0.4) is 0 Å². The van der Waals surface area contributed by atoms with Crippen LogP contribution < -0.4 is 10.6 Å². The number of amides is 2. The number of carbonyl (C=O) groups is 3. The maximum atomic E-state index is 13.9. The van der Waals surface area contributed by atoms with E-state index in [4.69, 9.17) is 14.6 Å². The standard InChI is InChI=1S/C41H34F3N5O8S2/c1-55-48-33(30-25-58-39(45-30)47-40(27-16-8-3-9-17-27,28-18-10-4-11-19-28)29-20-12-5-13-21-29)36(50)46-34-31-22-23-32(57-59(53,54)41(42,43)44)35(49(31)37(34)51)38(52)56-24-26-14-6-2-7-15-26/h2-21,25,31,34H,22-24H2,1H3,(H,45,47)(H,46,50)/t31-,34+/m1/s1. The van der Waals surface area contributed by atoms with Crippen LogP contribution in [0.1, 0.15) is 40.8 Å². The SMILES string of the molecule is CON=C(C(=O)N[C@@H]1C(=O)N2C(C(=O)OCc3ccccc3)=C(OS(=O)(=O)C(F)(F)F)CC[C@H]12)c1csc(NC(c2ccccc2)(c2ccccc2)c2ccccc2)n1. The zero-order valence-corrected chi connectivity index (χ0v) is 32.6. The summed E-state index contributed by atoms with van der Waals surface area (Å²) in [7, 11) is -5.00. The number of hydrogen-bond donors (Lipinski definition) is 2. The molecule has 0 unspecified atom stereocenters. The van der Waals surface area contributed by atoms with Crippen molar-refractivity contribution in [2.45, 2.75) is 42.6 Å². The van der Waals surface area contributed by atoms with E-state index in [0.717, 1.165) is 21.6 Å². The molecule has 2 atom stereocenters. The number of carbonyl (C=O) groups excluding carboxylic acids is 3. The summed E-state index contributed by atoms with van der Waals surface area (Å²) in [5.41, 5.74) is -4.58. The number of allylic oxidation sites excluding steroid dienone is 1. The summed E-state index contributed by atoms with van der Waals surface area (Å²) in [5.74, 6) is -4.04. The van der Waals surface area contributed by atoms with Crippen LogP contribution in [0.2, 0.25) is 0 Å². The highest BCUT2D eigenvalue weighted by Gasteiger charge is 2.57. The second kappa shape index (κ2) is 16.8. The number of esters is 1. The second-order valence-electron chi connectivity index (χ2n) is 13.2. The Morgan fingerprint density at radius 3 is 1.95 bits per heavy atom. The molecule has 1 saturated heterocycles. The number of aromatic nitrogens is 1. The number of oxime groups is 1. The van der Waals surface area contributed by atoms with E-state index < -0.39 is 68.9 Å². The summed E-state index contributed by atoms with van der Waals surface area (Å²) in [6, 6.07) is 35.2. The zero-order chi connectivity index (χ0) is 41.8. The molecule has 0 radical (unpaired) electrons. The molecule has 2 N–H and O–H groups in total. The number of nitrogens with zero attached hydrogens (tertiary/aromatic N) is 3. The summed E-state index contributed by atoms with van der Waals surface area (Å²) in [6.07, 6.45) is -0.699. The van der Waals surface area contributed by atoms with Gasteiger partial charge in [0.15, 0.2) is 22.3 Å². The summed E-state index contributed by atoms with van der Waals surface area (Å²) in [4.78, 5) is 51.4. The lowest BCUT2D eigenvalue weighted by molar-refractivity contribution is -0.158. The van der Waals surface area contributed by atoms with Gasteiger partial charge in [-0.3, -0.25) is 14.5 Å². The second-order valence-corrected chi connectivity index (χ2v) is 15.6. The third-order valence-corrected chi connectivity index (χ3v) is 11.4. The van der Waals surface area contributed by atoms with Gasteiger partial charge in [0.1, 0.15) is 31.0 Å². The molecule has 0 aliphatic carbocycles. The summed E-state index contributed by atoms with van der Waals surface area (Å²) in [5, 5.41) is 12.1. The number of benzene rings is 4. The number of β-lactam (4-membered cyclic amide) rings is 1. The fourth-order valence-corrected chi connectivity index (χ4v) is 8.23. The van der Waals surface area contributed by atoms with Gasteiger partial charge in [0, 0.05) is 11.8 Å². The minimum absolute atomic E-state index is 0.0883. The lowest BCUT2D eigenvalue weighted by Gasteiger charge is -2.49. The molecule has 1 aromatic heterocycles. The van der Waals surface area contributed by atoms with Crippen LogP contribution >= 0.6 is 11.3 Å². The first-order valence-corrected chi connectivity index (χ1v) is 20.2. The van der Waals surface area contributed by atoms with Crippen LogP contribution in [0.5, 0.6) is 0 Å². The van der Waals surface area contributed by atoms with E-state index in [-0.39, 0.29) is 24.4 Å². The van der Waals surface area contributed by atoms with Crippen LogP contribution in [-0.2, 0) is 50.4 Å². The Hall–Kier alpha value is -6.53. The number of fused-ring (bicyclic) bond motifs is 1. The van der Waals surface area contributed by atoms with E-state index in [1.165, 1.54) is 18.4 Å². The molecule has 0 spiro atoms. The van der Waals surface area contributed by atoms with Crippen molar-refractivity contribution >= 4 is 50.1 Å². The molecule has 2 amide bonds. The smallest absolute Gasteiger partial charge is 0.456 e. The van der Waals surface area contributed by atoms with Gasteiger partial charge in [0.2, 0.25) is 0 Å². The highest BCUT2D eigenvalue weighted by molar-refractivity contribution is 7.87. The summed E-state index contributed by atoms with van der Waals surface area (Å²) in [6.45, 7) is -0.347. The van der Waals surface area contributed by atoms with E-state index in [0.29, 0.717) is 10.7 Å². The molecule has 18 heteroatoms. The zero-order valence-electron chi connectivity index (χ0n) is 31.0. The highest BCUT2D eigenvalue weighted by Crippen LogP contribution is 2.42. The minimum atomic E-state index is -6.22. The molecule has 7 rings (SSSR count). The predicted octanol–water partition coefficient (Wildman–Crippen LogP) is 6.21. The van der Waals surface area contributed by atoms with Gasteiger partial charge in [-0.2, -0.15) is 21.6 Å². The number of halogens is 3. The van der Waals surface area contributed by atoms with Gasteiger partial charge < -0.3 is 24.4 Å². The van der Waals surface area contributed by atoms with Crippen LogP contribution in [-0.4, -0.2) is 66.5 Å². The normalized spacial score (nSPS) is 17.1. The molecule has 13 nitrogen and oxygen atoms in total. The summed E-state index contributed by atoms with van der Waals surface area (Å²) < 4.78 is 73.7. The van der Waals surface area contributed by atoms with Crippen LogP contribution in [0.15, 0.2) is 143 Å². The Balaban J connectivity index is 1.15. The number of hydrogen-bond acceptors (Lipinski definition) is 12. The Morgan fingerprint density at radius 2 is 1.42 bits per heavy atom. The molecule has 4 aromatic carbocycles. The Kier molecular flexibility index (Phi) is 11.5.